The lowest BCUT2D eigenvalue weighted by atomic mass is 10.0. The van der Waals surface area contributed by atoms with Crippen LogP contribution in [0.3, 0.4) is 0 Å². The van der Waals surface area contributed by atoms with Crippen LogP contribution in [0.25, 0.3) is 0 Å². The van der Waals surface area contributed by atoms with Crippen LogP contribution in [0.5, 0.6) is 0 Å². The molecule has 15 heavy (non-hydrogen) atoms. The van der Waals surface area contributed by atoms with Crippen molar-refractivity contribution in [2.45, 2.75) is 19.4 Å². The van der Waals surface area contributed by atoms with Gasteiger partial charge in [0.25, 0.3) is 0 Å². The molecule has 2 rings (SSSR count). The third-order valence-corrected chi connectivity index (χ3v) is 2.53. The predicted octanol–water partition coefficient (Wildman–Crippen LogP) is 2.31. The number of hydrogen-bond acceptors (Lipinski definition) is 2. The lowest BCUT2D eigenvalue weighted by molar-refractivity contribution is 0.115. The van der Waals surface area contributed by atoms with Crippen molar-refractivity contribution in [3.05, 3.63) is 35.1 Å². The summed E-state index contributed by atoms with van der Waals surface area (Å²) in [4.78, 5) is 11.0. The van der Waals surface area contributed by atoms with Crippen molar-refractivity contribution in [2.24, 2.45) is 0 Å². The van der Waals surface area contributed by atoms with Crippen LogP contribution in [0.2, 0.25) is 0 Å². The van der Waals surface area contributed by atoms with Crippen LogP contribution in [0.1, 0.15) is 23.6 Å². The maximum Gasteiger partial charge on any atom is 0.407 e. The number of carbonyl (C=O) groups excluding carboxylic acids is 1. The number of alkyl carbamates (subject to hydrolysis) is 1. The maximum atomic E-state index is 13.3. The minimum absolute atomic E-state index is 0.138. The predicted molar refractivity (Wildman–Crippen MR) is 53.0 cm³/mol. The average Bonchev–Trinajstić information content (AvgIpc) is 2.22. The molecule has 1 N–H and O–H groups in total. The first-order valence-electron chi connectivity index (χ1n) is 4.86. The van der Waals surface area contributed by atoms with Crippen molar-refractivity contribution in [3.63, 3.8) is 0 Å². The van der Waals surface area contributed by atoms with E-state index in [-0.39, 0.29) is 11.9 Å². The second-order valence-corrected chi connectivity index (χ2v) is 3.63. The van der Waals surface area contributed by atoms with Gasteiger partial charge in [0.1, 0.15) is 5.82 Å². The molecule has 1 saturated heterocycles. The van der Waals surface area contributed by atoms with Gasteiger partial charge in [-0.05, 0) is 24.1 Å². The molecule has 3 nitrogen and oxygen atoms in total. The molecule has 1 fully saturated rings. The second-order valence-electron chi connectivity index (χ2n) is 3.63. The summed E-state index contributed by atoms with van der Waals surface area (Å²) in [6.45, 7) is 2.09. The molecule has 0 bridgehead atoms. The molecule has 0 radical (unpaired) electrons. The molecule has 80 valence electrons. The Hall–Kier alpha value is -1.58. The number of rotatable bonds is 1. The van der Waals surface area contributed by atoms with Gasteiger partial charge in [-0.15, -0.1) is 0 Å². The van der Waals surface area contributed by atoms with Gasteiger partial charge in [-0.3, -0.25) is 0 Å². The van der Waals surface area contributed by atoms with E-state index in [0.29, 0.717) is 18.6 Å². The smallest absolute Gasteiger partial charge is 0.407 e. The van der Waals surface area contributed by atoms with Crippen molar-refractivity contribution in [3.8, 4) is 0 Å². The highest BCUT2D eigenvalue weighted by Crippen LogP contribution is 2.21. The van der Waals surface area contributed by atoms with Gasteiger partial charge in [0.05, 0.1) is 12.6 Å². The number of carbonyl (C=O) groups is 1. The van der Waals surface area contributed by atoms with E-state index in [0.717, 1.165) is 5.56 Å². The number of halogens is 1. The Morgan fingerprint density at radius 3 is 3.00 bits per heavy atom. The number of amides is 1. The Labute approximate surface area is 87.2 Å². The molecule has 1 amide bonds. The molecule has 1 aromatic carbocycles. The molecule has 0 saturated carbocycles. The highest BCUT2D eigenvalue weighted by Gasteiger charge is 2.21. The van der Waals surface area contributed by atoms with Crippen molar-refractivity contribution >= 4 is 6.09 Å². The van der Waals surface area contributed by atoms with E-state index < -0.39 is 6.09 Å². The molecule has 1 aliphatic heterocycles. The van der Waals surface area contributed by atoms with Crippen LogP contribution in [-0.4, -0.2) is 12.7 Å². The van der Waals surface area contributed by atoms with Crippen LogP contribution in [0.4, 0.5) is 9.18 Å². The van der Waals surface area contributed by atoms with E-state index in [1.54, 1.807) is 13.0 Å². The van der Waals surface area contributed by atoms with Gasteiger partial charge in [-0.2, -0.15) is 0 Å². The van der Waals surface area contributed by atoms with Gasteiger partial charge in [0, 0.05) is 6.42 Å². The SMILES string of the molecule is Cc1ccc([C@H]2CCOC(=O)N2)cc1F. The molecule has 0 spiro atoms. The molecule has 1 heterocycles. The van der Waals surface area contributed by atoms with Crippen LogP contribution >= 0.6 is 0 Å². The fraction of sp³-hybridized carbons (Fsp3) is 0.364. The number of ether oxygens (including phenoxy) is 1. The average molecular weight is 209 g/mol. The standard InChI is InChI=1S/C11H12FNO2/c1-7-2-3-8(6-9(7)12)10-4-5-15-11(14)13-10/h2-3,6,10H,4-5H2,1H3,(H,13,14)/t10-/m1/s1. The Morgan fingerprint density at radius 1 is 1.53 bits per heavy atom. The van der Waals surface area contributed by atoms with Crippen molar-refractivity contribution in [1.29, 1.82) is 0 Å². The van der Waals surface area contributed by atoms with Crippen LogP contribution in [0, 0.1) is 12.7 Å². The Morgan fingerprint density at radius 2 is 2.33 bits per heavy atom. The van der Waals surface area contributed by atoms with Gasteiger partial charge in [-0.25, -0.2) is 9.18 Å². The fourth-order valence-electron chi connectivity index (χ4n) is 1.60. The summed E-state index contributed by atoms with van der Waals surface area (Å²) in [5, 5.41) is 2.65. The van der Waals surface area contributed by atoms with E-state index in [1.807, 2.05) is 6.07 Å². The Bertz CT molecular complexity index is 392. The van der Waals surface area contributed by atoms with Gasteiger partial charge in [0.2, 0.25) is 0 Å². The third-order valence-electron chi connectivity index (χ3n) is 2.53. The summed E-state index contributed by atoms with van der Waals surface area (Å²) in [5.41, 5.74) is 1.40. The summed E-state index contributed by atoms with van der Waals surface area (Å²) in [7, 11) is 0. The molecule has 1 aliphatic rings. The molecular formula is C11H12FNO2. The number of benzene rings is 1. The first-order valence-corrected chi connectivity index (χ1v) is 4.86. The quantitative estimate of drug-likeness (QED) is 0.770. The Balaban J connectivity index is 2.21. The van der Waals surface area contributed by atoms with E-state index in [2.05, 4.69) is 5.32 Å². The van der Waals surface area contributed by atoms with Crippen LogP contribution in [-0.2, 0) is 4.74 Å². The molecule has 1 atom stereocenters. The topological polar surface area (TPSA) is 38.3 Å². The number of nitrogens with one attached hydrogen (secondary N) is 1. The summed E-state index contributed by atoms with van der Waals surface area (Å²) < 4.78 is 18.0. The summed E-state index contributed by atoms with van der Waals surface area (Å²) in [6.07, 6.45) is 0.237. The monoisotopic (exact) mass is 209 g/mol. The zero-order chi connectivity index (χ0) is 10.8. The molecule has 0 aromatic heterocycles. The number of cyclic esters (lactones) is 1. The lowest BCUT2D eigenvalue weighted by Crippen LogP contribution is -2.35. The molecule has 4 heteroatoms. The number of hydrogen-bond donors (Lipinski definition) is 1. The van der Waals surface area contributed by atoms with Crippen LogP contribution in [0.15, 0.2) is 18.2 Å². The number of aryl methyl sites for hydroxylation is 1. The largest absolute Gasteiger partial charge is 0.449 e. The second kappa shape index (κ2) is 3.88. The van der Waals surface area contributed by atoms with Gasteiger partial charge < -0.3 is 10.1 Å². The van der Waals surface area contributed by atoms with E-state index in [9.17, 15) is 9.18 Å². The normalized spacial score (nSPS) is 20.7. The van der Waals surface area contributed by atoms with E-state index >= 15 is 0 Å². The van der Waals surface area contributed by atoms with Gasteiger partial charge in [0.15, 0.2) is 0 Å². The summed E-state index contributed by atoms with van der Waals surface area (Å²) in [6, 6.07) is 4.87. The van der Waals surface area contributed by atoms with E-state index in [4.69, 9.17) is 4.74 Å². The minimum atomic E-state index is -0.438. The van der Waals surface area contributed by atoms with Crippen LogP contribution < -0.4 is 5.32 Å². The maximum absolute atomic E-state index is 13.3. The molecule has 0 unspecified atom stereocenters. The van der Waals surface area contributed by atoms with Crippen molar-refractivity contribution in [1.82, 2.24) is 5.32 Å². The van der Waals surface area contributed by atoms with E-state index in [1.165, 1.54) is 6.07 Å². The van der Waals surface area contributed by atoms with Gasteiger partial charge >= 0.3 is 6.09 Å². The fourth-order valence-corrected chi connectivity index (χ4v) is 1.60. The van der Waals surface area contributed by atoms with Crippen molar-refractivity contribution in [2.75, 3.05) is 6.61 Å². The molecule has 1 aromatic rings. The molecular weight excluding hydrogens is 197 g/mol. The lowest BCUT2D eigenvalue weighted by Gasteiger charge is -2.23. The zero-order valence-corrected chi connectivity index (χ0v) is 8.42. The van der Waals surface area contributed by atoms with Gasteiger partial charge in [-0.1, -0.05) is 12.1 Å². The summed E-state index contributed by atoms with van der Waals surface area (Å²) in [5.74, 6) is -0.242. The zero-order valence-electron chi connectivity index (χ0n) is 8.42. The molecule has 0 aliphatic carbocycles. The third kappa shape index (κ3) is 2.09. The highest BCUT2D eigenvalue weighted by atomic mass is 19.1. The first kappa shape index (κ1) is 9.96. The first-order chi connectivity index (χ1) is 7.16. The minimum Gasteiger partial charge on any atom is -0.449 e. The summed E-state index contributed by atoms with van der Waals surface area (Å²) >= 11 is 0. The highest BCUT2D eigenvalue weighted by molar-refractivity contribution is 5.68. The Kier molecular flexibility index (Phi) is 2.58. The van der Waals surface area contributed by atoms with Crippen molar-refractivity contribution < 1.29 is 13.9 Å².